The molecule has 2 atom stereocenters. The molecule has 1 saturated carbocycles. The van der Waals surface area contributed by atoms with Crippen LogP contribution in [0.4, 0.5) is 18.9 Å². The number of thioether (sulfide) groups is 1. The molecular weight excluding hydrogens is 427 g/mol. The van der Waals surface area contributed by atoms with E-state index in [0.29, 0.717) is 11.3 Å². The Hall–Kier alpha value is -3.06. The largest absolute Gasteiger partial charge is 0.379 e. The Morgan fingerprint density at radius 3 is 2.77 bits per heavy atom. The number of rotatable bonds is 3. The lowest BCUT2D eigenvalue weighted by molar-refractivity contribution is 0.00149. The second-order valence-corrected chi connectivity index (χ2v) is 8.35. The number of pyridine rings is 1. The van der Waals surface area contributed by atoms with Crippen LogP contribution >= 0.6 is 11.8 Å². The molecule has 162 valence electrons. The Morgan fingerprint density at radius 2 is 2.10 bits per heavy atom. The van der Waals surface area contributed by atoms with Crippen LogP contribution in [-0.4, -0.2) is 27.7 Å². The number of fused-ring (bicyclic) bond motifs is 1. The lowest BCUT2D eigenvalue weighted by Gasteiger charge is -2.35. The Kier molecular flexibility index (Phi) is 6.00. The Bertz CT molecular complexity index is 1080. The molecule has 0 saturated heterocycles. The van der Waals surface area contributed by atoms with Crippen molar-refractivity contribution in [2.75, 3.05) is 11.1 Å². The third-order valence-electron chi connectivity index (χ3n) is 5.31. The average molecular weight is 447 g/mol. The number of carbonyl (C=O) groups is 1. The summed E-state index contributed by atoms with van der Waals surface area (Å²) >= 11 is 1.18. The number of aromatic nitrogens is 1. The van der Waals surface area contributed by atoms with Crippen molar-refractivity contribution in [3.05, 3.63) is 59.2 Å². The number of hydrogen-bond donors (Lipinski definition) is 2. The van der Waals surface area contributed by atoms with Crippen molar-refractivity contribution in [3.8, 4) is 6.07 Å². The molecule has 2 aromatic rings. The van der Waals surface area contributed by atoms with Crippen LogP contribution in [0, 0.1) is 23.1 Å². The number of amides is 1. The summed E-state index contributed by atoms with van der Waals surface area (Å²) in [6.07, 6.45) is 0.214. The second-order valence-electron chi connectivity index (χ2n) is 7.31. The molecule has 10 heteroatoms. The maximum atomic E-state index is 14.8. The summed E-state index contributed by atoms with van der Waals surface area (Å²) in [6.45, 7) is 0. The monoisotopic (exact) mass is 447 g/mol. The van der Waals surface area contributed by atoms with Crippen molar-refractivity contribution < 1.29 is 18.0 Å². The van der Waals surface area contributed by atoms with Gasteiger partial charge in [-0.05, 0) is 30.3 Å². The fraction of sp³-hybridized carbons (Fsp3) is 0.333. The molecule has 1 aliphatic heterocycles. The predicted molar refractivity (Wildman–Crippen MR) is 113 cm³/mol. The molecule has 1 aromatic heterocycles. The SMILES string of the molecule is C.N#Cc1ccc(C(=O)Nc2ccc(F)c([C@]34CC(F)(F)C[C@H]3CSC(N)=N4)c2)nc1. The summed E-state index contributed by atoms with van der Waals surface area (Å²) in [7, 11) is 0. The number of halogens is 3. The number of alkyl halides is 2. The van der Waals surface area contributed by atoms with E-state index in [1.165, 1.54) is 42.2 Å². The smallest absolute Gasteiger partial charge is 0.274 e. The van der Waals surface area contributed by atoms with Crippen molar-refractivity contribution in [1.82, 2.24) is 4.98 Å². The zero-order chi connectivity index (χ0) is 21.5. The summed E-state index contributed by atoms with van der Waals surface area (Å²) in [5, 5.41) is 11.5. The van der Waals surface area contributed by atoms with E-state index in [1.54, 1.807) is 0 Å². The minimum absolute atomic E-state index is 0. The molecule has 0 radical (unpaired) electrons. The first-order valence-electron chi connectivity index (χ1n) is 9.06. The summed E-state index contributed by atoms with van der Waals surface area (Å²) in [4.78, 5) is 20.6. The van der Waals surface area contributed by atoms with Gasteiger partial charge in [-0.15, -0.1) is 0 Å². The van der Waals surface area contributed by atoms with Crippen LogP contribution in [0.15, 0.2) is 41.5 Å². The molecule has 4 rings (SSSR count). The van der Waals surface area contributed by atoms with Gasteiger partial charge in [0.2, 0.25) is 0 Å². The van der Waals surface area contributed by atoms with Crippen molar-refractivity contribution in [3.63, 3.8) is 0 Å². The number of aliphatic imine (C=N–C) groups is 1. The minimum Gasteiger partial charge on any atom is -0.379 e. The van der Waals surface area contributed by atoms with Gasteiger partial charge in [0.05, 0.1) is 5.56 Å². The zero-order valence-electron chi connectivity index (χ0n) is 15.5. The quantitative estimate of drug-likeness (QED) is 0.731. The molecular formula is C21H20F3N5OS. The van der Waals surface area contributed by atoms with Gasteiger partial charge >= 0.3 is 0 Å². The maximum Gasteiger partial charge on any atom is 0.274 e. The maximum absolute atomic E-state index is 14.8. The van der Waals surface area contributed by atoms with Gasteiger partial charge in [0.1, 0.15) is 23.1 Å². The number of nitrogens with one attached hydrogen (secondary N) is 1. The van der Waals surface area contributed by atoms with Gasteiger partial charge in [-0.1, -0.05) is 19.2 Å². The molecule has 6 nitrogen and oxygen atoms in total. The van der Waals surface area contributed by atoms with Crippen LogP contribution in [0.25, 0.3) is 0 Å². The highest BCUT2D eigenvalue weighted by Crippen LogP contribution is 2.57. The van der Waals surface area contributed by atoms with E-state index in [1.807, 2.05) is 6.07 Å². The number of hydrogen-bond acceptors (Lipinski definition) is 6. The molecule has 2 aliphatic rings. The van der Waals surface area contributed by atoms with Gasteiger partial charge in [-0.25, -0.2) is 18.2 Å². The summed E-state index contributed by atoms with van der Waals surface area (Å²) in [6, 6.07) is 8.52. The highest BCUT2D eigenvalue weighted by molar-refractivity contribution is 8.13. The Labute approximate surface area is 181 Å². The van der Waals surface area contributed by atoms with E-state index in [4.69, 9.17) is 11.0 Å². The van der Waals surface area contributed by atoms with E-state index in [9.17, 15) is 18.0 Å². The number of nitriles is 1. The van der Waals surface area contributed by atoms with E-state index < -0.39 is 41.9 Å². The van der Waals surface area contributed by atoms with Gasteiger partial charge in [0, 0.05) is 42.0 Å². The minimum atomic E-state index is -2.99. The van der Waals surface area contributed by atoms with Gasteiger partial charge in [0.15, 0.2) is 5.17 Å². The van der Waals surface area contributed by atoms with E-state index in [2.05, 4.69) is 15.3 Å². The number of amidine groups is 1. The topological polar surface area (TPSA) is 104 Å². The number of nitrogens with two attached hydrogens (primary N) is 1. The van der Waals surface area contributed by atoms with Crippen molar-refractivity contribution >= 4 is 28.5 Å². The lowest BCUT2D eigenvalue weighted by Crippen LogP contribution is -2.37. The van der Waals surface area contributed by atoms with Crippen LogP contribution in [0.2, 0.25) is 0 Å². The highest BCUT2D eigenvalue weighted by Gasteiger charge is 2.59. The fourth-order valence-electron chi connectivity index (χ4n) is 3.98. The average Bonchev–Trinajstić information content (AvgIpc) is 2.99. The Balaban J connectivity index is 0.00000272. The second kappa shape index (κ2) is 8.23. The summed E-state index contributed by atoms with van der Waals surface area (Å²) in [5.74, 6) is -4.51. The summed E-state index contributed by atoms with van der Waals surface area (Å²) < 4.78 is 43.4. The molecule has 1 fully saturated rings. The van der Waals surface area contributed by atoms with Crippen molar-refractivity contribution in [2.45, 2.75) is 31.7 Å². The molecule has 0 spiro atoms. The Morgan fingerprint density at radius 1 is 1.32 bits per heavy atom. The van der Waals surface area contributed by atoms with Crippen LogP contribution in [0.1, 0.15) is 41.9 Å². The number of carbonyl (C=O) groups excluding carboxylic acids is 1. The van der Waals surface area contributed by atoms with Crippen LogP contribution in [0.3, 0.4) is 0 Å². The molecule has 1 aliphatic carbocycles. The van der Waals surface area contributed by atoms with Crippen molar-refractivity contribution in [1.29, 1.82) is 5.26 Å². The fourth-order valence-corrected chi connectivity index (χ4v) is 4.98. The first-order valence-corrected chi connectivity index (χ1v) is 10.0. The molecule has 0 bridgehead atoms. The molecule has 2 heterocycles. The van der Waals surface area contributed by atoms with Gasteiger partial charge in [-0.3, -0.25) is 9.79 Å². The van der Waals surface area contributed by atoms with Crippen LogP contribution < -0.4 is 11.1 Å². The molecule has 0 unspecified atom stereocenters. The van der Waals surface area contributed by atoms with Crippen molar-refractivity contribution in [2.24, 2.45) is 16.6 Å². The number of benzene rings is 1. The van der Waals surface area contributed by atoms with E-state index >= 15 is 0 Å². The van der Waals surface area contributed by atoms with Crippen LogP contribution in [-0.2, 0) is 5.54 Å². The first-order chi connectivity index (χ1) is 14.2. The number of anilines is 1. The number of nitrogens with zero attached hydrogens (tertiary/aromatic N) is 3. The third kappa shape index (κ3) is 4.23. The zero-order valence-corrected chi connectivity index (χ0v) is 16.3. The standard InChI is InChI=1S/C20H16F3N5OS.CH4/c21-15-3-2-13(27-17(29)16-4-1-11(7-24)8-26-16)5-14(15)20-10-19(22,23)6-12(20)9-30-18(25)28-20;/h1-5,8,12H,6,9-10H2,(H2,25,28)(H,27,29);1H4/t12-,20-;/m0./s1. The molecule has 1 aromatic carbocycles. The third-order valence-corrected chi connectivity index (χ3v) is 6.26. The first kappa shape index (κ1) is 22.6. The molecule has 3 N–H and O–H groups in total. The van der Waals surface area contributed by atoms with Gasteiger partial charge in [0.25, 0.3) is 11.8 Å². The molecule has 1 amide bonds. The lowest BCUT2D eigenvalue weighted by atomic mass is 9.81. The summed E-state index contributed by atoms with van der Waals surface area (Å²) in [5.41, 5.74) is 4.90. The normalized spacial score (nSPS) is 23.7. The van der Waals surface area contributed by atoms with Gasteiger partial charge < -0.3 is 11.1 Å². The van der Waals surface area contributed by atoms with Gasteiger partial charge in [-0.2, -0.15) is 5.26 Å². The van der Waals surface area contributed by atoms with Crippen LogP contribution in [0.5, 0.6) is 0 Å². The highest BCUT2D eigenvalue weighted by atomic mass is 32.2. The predicted octanol–water partition coefficient (Wildman–Crippen LogP) is 4.28. The van der Waals surface area contributed by atoms with E-state index in [-0.39, 0.29) is 29.5 Å². The molecule has 31 heavy (non-hydrogen) atoms. The van der Waals surface area contributed by atoms with E-state index in [0.717, 1.165) is 6.07 Å².